The van der Waals surface area contributed by atoms with Crippen molar-refractivity contribution in [2.24, 2.45) is 4.99 Å². The van der Waals surface area contributed by atoms with Crippen molar-refractivity contribution in [1.82, 2.24) is 16.0 Å². The second-order valence-corrected chi connectivity index (χ2v) is 6.22. The molecule has 0 aliphatic carbocycles. The third-order valence-corrected chi connectivity index (χ3v) is 3.19. The normalized spacial score (nSPS) is 13.5. The van der Waals surface area contributed by atoms with Crippen molar-refractivity contribution in [3.8, 4) is 11.5 Å². The fourth-order valence-electron chi connectivity index (χ4n) is 2.08. The van der Waals surface area contributed by atoms with Crippen LogP contribution in [-0.4, -0.2) is 38.4 Å². The number of hydrogen-bond donors (Lipinski definition) is 3. The number of ether oxygens (including phenoxy) is 2. The van der Waals surface area contributed by atoms with Gasteiger partial charge < -0.3 is 25.4 Å². The molecule has 6 nitrogen and oxygen atoms in total. The molecule has 23 heavy (non-hydrogen) atoms. The summed E-state index contributed by atoms with van der Waals surface area (Å²) in [5.74, 6) is 2.39. The molecule has 1 aliphatic heterocycles. The molecule has 0 aromatic heterocycles. The minimum Gasteiger partial charge on any atom is -0.454 e. The van der Waals surface area contributed by atoms with Gasteiger partial charge in [-0.3, -0.25) is 4.99 Å². The smallest absolute Gasteiger partial charge is 0.231 e. The molecule has 0 fully saturated rings. The summed E-state index contributed by atoms with van der Waals surface area (Å²) in [5, 5.41) is 10.0. The van der Waals surface area contributed by atoms with E-state index in [-0.39, 0.29) is 29.5 Å². The van der Waals surface area contributed by atoms with Gasteiger partial charge in [0, 0.05) is 32.2 Å². The van der Waals surface area contributed by atoms with Crippen LogP contribution in [0.2, 0.25) is 0 Å². The molecule has 130 valence electrons. The van der Waals surface area contributed by atoms with Gasteiger partial charge in [-0.2, -0.15) is 0 Å². The van der Waals surface area contributed by atoms with E-state index in [1.54, 1.807) is 7.05 Å². The Morgan fingerprint density at radius 1 is 1.13 bits per heavy atom. The van der Waals surface area contributed by atoms with E-state index in [9.17, 15) is 0 Å². The minimum absolute atomic E-state index is 0. The molecule has 1 heterocycles. The number of nitrogens with one attached hydrogen (secondary N) is 3. The second kappa shape index (κ2) is 9.17. The Kier molecular flexibility index (Phi) is 7.90. The van der Waals surface area contributed by atoms with Crippen LogP contribution >= 0.6 is 24.0 Å². The summed E-state index contributed by atoms with van der Waals surface area (Å²) in [6, 6.07) is 5.95. The largest absolute Gasteiger partial charge is 0.454 e. The molecule has 1 aromatic rings. The molecule has 0 atom stereocenters. The number of halogens is 1. The summed E-state index contributed by atoms with van der Waals surface area (Å²) >= 11 is 0. The minimum atomic E-state index is 0. The zero-order valence-electron chi connectivity index (χ0n) is 14.2. The first-order chi connectivity index (χ1) is 10.5. The summed E-state index contributed by atoms with van der Waals surface area (Å²) in [7, 11) is 1.77. The standard InChI is InChI=1S/C16H26N4O2.HI/c1-16(2,3)20-8-7-18-15(17-4)19-10-12-5-6-13-14(9-12)22-11-21-13;/h5-6,9,20H,7-8,10-11H2,1-4H3,(H2,17,18,19);1H. The van der Waals surface area contributed by atoms with Crippen molar-refractivity contribution in [2.75, 3.05) is 26.9 Å². The SMILES string of the molecule is CN=C(NCCNC(C)(C)C)NCc1ccc2c(c1)OCO2.I. The number of fused-ring (bicyclic) bond motifs is 1. The van der Waals surface area contributed by atoms with Crippen molar-refractivity contribution in [3.05, 3.63) is 23.8 Å². The zero-order chi connectivity index (χ0) is 16.0. The Bertz CT molecular complexity index is 529. The van der Waals surface area contributed by atoms with E-state index in [0.717, 1.165) is 36.1 Å². The molecule has 1 aromatic carbocycles. The highest BCUT2D eigenvalue weighted by Gasteiger charge is 2.13. The first-order valence-electron chi connectivity index (χ1n) is 7.56. The molecule has 0 saturated heterocycles. The third-order valence-electron chi connectivity index (χ3n) is 3.19. The van der Waals surface area contributed by atoms with Gasteiger partial charge in [-0.05, 0) is 38.5 Å². The molecule has 0 radical (unpaired) electrons. The van der Waals surface area contributed by atoms with E-state index in [1.807, 2.05) is 18.2 Å². The van der Waals surface area contributed by atoms with Crippen LogP contribution in [0.3, 0.4) is 0 Å². The van der Waals surface area contributed by atoms with Gasteiger partial charge in [0.05, 0.1) is 0 Å². The Morgan fingerprint density at radius 2 is 1.87 bits per heavy atom. The van der Waals surface area contributed by atoms with Crippen LogP contribution < -0.4 is 25.4 Å². The molecule has 1 aliphatic rings. The molecule has 0 saturated carbocycles. The lowest BCUT2D eigenvalue weighted by Crippen LogP contribution is -2.44. The summed E-state index contributed by atoms with van der Waals surface area (Å²) in [4.78, 5) is 4.22. The van der Waals surface area contributed by atoms with Crippen molar-refractivity contribution in [3.63, 3.8) is 0 Å². The first-order valence-corrected chi connectivity index (χ1v) is 7.56. The van der Waals surface area contributed by atoms with Crippen molar-refractivity contribution >= 4 is 29.9 Å². The van der Waals surface area contributed by atoms with Gasteiger partial charge in [-0.25, -0.2) is 0 Å². The molecule has 3 N–H and O–H groups in total. The van der Waals surface area contributed by atoms with Gasteiger partial charge >= 0.3 is 0 Å². The lowest BCUT2D eigenvalue weighted by molar-refractivity contribution is 0.174. The summed E-state index contributed by atoms with van der Waals surface area (Å²) in [6.07, 6.45) is 0. The highest BCUT2D eigenvalue weighted by Crippen LogP contribution is 2.32. The summed E-state index contributed by atoms with van der Waals surface area (Å²) in [5.41, 5.74) is 1.26. The molecule has 0 bridgehead atoms. The van der Waals surface area contributed by atoms with Crippen LogP contribution in [0.25, 0.3) is 0 Å². The van der Waals surface area contributed by atoms with E-state index in [2.05, 4.69) is 41.7 Å². The van der Waals surface area contributed by atoms with E-state index >= 15 is 0 Å². The van der Waals surface area contributed by atoms with E-state index in [1.165, 1.54) is 0 Å². The molecule has 0 unspecified atom stereocenters. The lowest BCUT2D eigenvalue weighted by Gasteiger charge is -2.21. The summed E-state index contributed by atoms with van der Waals surface area (Å²) in [6.45, 7) is 9.14. The van der Waals surface area contributed by atoms with E-state index < -0.39 is 0 Å². The monoisotopic (exact) mass is 434 g/mol. The molecule has 2 rings (SSSR count). The molecular weight excluding hydrogens is 407 g/mol. The average Bonchev–Trinajstić information content (AvgIpc) is 2.93. The maximum Gasteiger partial charge on any atom is 0.231 e. The lowest BCUT2D eigenvalue weighted by atomic mass is 10.1. The topological polar surface area (TPSA) is 66.9 Å². The second-order valence-electron chi connectivity index (χ2n) is 6.22. The van der Waals surface area contributed by atoms with Gasteiger partial charge in [0.2, 0.25) is 6.79 Å². The van der Waals surface area contributed by atoms with Gasteiger partial charge in [0.15, 0.2) is 17.5 Å². The Balaban J connectivity index is 0.00000264. The van der Waals surface area contributed by atoms with Crippen LogP contribution in [0, 0.1) is 0 Å². The Labute approximate surface area is 155 Å². The highest BCUT2D eigenvalue weighted by molar-refractivity contribution is 14.0. The van der Waals surface area contributed by atoms with Gasteiger partial charge in [0.25, 0.3) is 0 Å². The predicted molar refractivity (Wildman–Crippen MR) is 104 cm³/mol. The fourth-order valence-corrected chi connectivity index (χ4v) is 2.08. The van der Waals surface area contributed by atoms with Gasteiger partial charge in [0.1, 0.15) is 0 Å². The maximum absolute atomic E-state index is 5.38. The fraction of sp³-hybridized carbons (Fsp3) is 0.562. The molecule has 0 amide bonds. The Hall–Kier alpha value is -1.22. The van der Waals surface area contributed by atoms with Crippen LogP contribution in [0.1, 0.15) is 26.3 Å². The van der Waals surface area contributed by atoms with Gasteiger partial charge in [-0.15, -0.1) is 24.0 Å². The van der Waals surface area contributed by atoms with Crippen LogP contribution in [0.5, 0.6) is 11.5 Å². The van der Waals surface area contributed by atoms with Crippen LogP contribution in [0.4, 0.5) is 0 Å². The molecular formula is C16H27IN4O2. The quantitative estimate of drug-likeness (QED) is 0.287. The summed E-state index contributed by atoms with van der Waals surface area (Å²) < 4.78 is 10.7. The number of benzene rings is 1. The highest BCUT2D eigenvalue weighted by atomic mass is 127. The number of nitrogens with zero attached hydrogens (tertiary/aromatic N) is 1. The number of rotatable bonds is 5. The van der Waals surface area contributed by atoms with Gasteiger partial charge in [-0.1, -0.05) is 6.07 Å². The van der Waals surface area contributed by atoms with Crippen LogP contribution in [-0.2, 0) is 6.54 Å². The van der Waals surface area contributed by atoms with E-state index in [0.29, 0.717) is 13.3 Å². The zero-order valence-corrected chi connectivity index (χ0v) is 16.6. The number of hydrogen-bond acceptors (Lipinski definition) is 4. The third kappa shape index (κ3) is 6.82. The predicted octanol–water partition coefficient (Wildman–Crippen LogP) is 2.09. The average molecular weight is 434 g/mol. The maximum atomic E-state index is 5.38. The van der Waals surface area contributed by atoms with Crippen molar-refractivity contribution in [2.45, 2.75) is 32.9 Å². The number of guanidine groups is 1. The first kappa shape index (κ1) is 19.8. The molecule has 7 heteroatoms. The van der Waals surface area contributed by atoms with Crippen molar-refractivity contribution in [1.29, 1.82) is 0 Å². The van der Waals surface area contributed by atoms with Crippen molar-refractivity contribution < 1.29 is 9.47 Å². The van der Waals surface area contributed by atoms with E-state index in [4.69, 9.17) is 9.47 Å². The Morgan fingerprint density at radius 3 is 2.57 bits per heavy atom. The van der Waals surface area contributed by atoms with Crippen LogP contribution in [0.15, 0.2) is 23.2 Å². The number of aliphatic imine (C=N–C) groups is 1. The molecule has 0 spiro atoms.